The van der Waals surface area contributed by atoms with Crippen molar-refractivity contribution in [1.29, 1.82) is 0 Å². The third-order valence-electron chi connectivity index (χ3n) is 5.33. The van der Waals surface area contributed by atoms with E-state index < -0.39 is 23.3 Å². The number of carbonyl (C=O) groups excluding carboxylic acids is 2. The molecule has 0 amide bonds. The van der Waals surface area contributed by atoms with Gasteiger partial charge in [0.25, 0.3) is 0 Å². The van der Waals surface area contributed by atoms with Crippen molar-refractivity contribution in [3.05, 3.63) is 76.9 Å². The largest absolute Gasteiger partial charge is 0.468 e. The zero-order valence-electron chi connectivity index (χ0n) is 16.1. The molecule has 3 rings (SSSR count). The predicted octanol–water partition coefficient (Wildman–Crippen LogP) is 4.21. The number of carbonyl (C=O) groups is 2. The maximum atomic E-state index is 12.9. The summed E-state index contributed by atoms with van der Waals surface area (Å²) >= 11 is 0. The quantitative estimate of drug-likeness (QED) is 0.602. The molecule has 2 aromatic rings. The molecule has 4 nitrogen and oxygen atoms in total. The van der Waals surface area contributed by atoms with E-state index in [1.807, 2.05) is 68.5 Å². The number of aryl methyl sites for hydroxylation is 2. The third kappa shape index (κ3) is 3.27. The zero-order chi connectivity index (χ0) is 19.6. The molecule has 1 aliphatic rings. The van der Waals surface area contributed by atoms with Gasteiger partial charge in [0.2, 0.25) is 0 Å². The second kappa shape index (κ2) is 7.39. The summed E-state index contributed by atoms with van der Waals surface area (Å²) < 4.78 is 10.1. The Hall–Kier alpha value is -2.88. The van der Waals surface area contributed by atoms with E-state index in [4.69, 9.17) is 9.47 Å². The summed E-state index contributed by atoms with van der Waals surface area (Å²) in [4.78, 5) is 25.7. The highest BCUT2D eigenvalue weighted by atomic mass is 16.5. The van der Waals surface area contributed by atoms with Crippen LogP contribution in [0.5, 0.6) is 0 Å². The van der Waals surface area contributed by atoms with E-state index in [-0.39, 0.29) is 6.42 Å². The van der Waals surface area contributed by atoms with Crippen LogP contribution in [0.3, 0.4) is 0 Å². The van der Waals surface area contributed by atoms with E-state index in [1.165, 1.54) is 14.2 Å². The van der Waals surface area contributed by atoms with E-state index in [1.54, 1.807) is 0 Å². The van der Waals surface area contributed by atoms with E-state index in [9.17, 15) is 9.59 Å². The molecule has 0 fully saturated rings. The Morgan fingerprint density at radius 2 is 1.33 bits per heavy atom. The van der Waals surface area contributed by atoms with Gasteiger partial charge in [-0.15, -0.1) is 0 Å². The second-order valence-corrected chi connectivity index (χ2v) is 7.08. The van der Waals surface area contributed by atoms with Crippen molar-refractivity contribution in [2.75, 3.05) is 14.2 Å². The van der Waals surface area contributed by atoms with Crippen molar-refractivity contribution < 1.29 is 19.1 Å². The van der Waals surface area contributed by atoms with Crippen molar-refractivity contribution in [3.63, 3.8) is 0 Å². The molecule has 27 heavy (non-hydrogen) atoms. The number of hydrogen-bond donors (Lipinski definition) is 0. The molecule has 0 aliphatic heterocycles. The van der Waals surface area contributed by atoms with Gasteiger partial charge in [0.05, 0.1) is 14.2 Å². The molecule has 140 valence electrons. The van der Waals surface area contributed by atoms with Gasteiger partial charge in [-0.3, -0.25) is 9.59 Å². The molecule has 1 atom stereocenters. The van der Waals surface area contributed by atoms with E-state index >= 15 is 0 Å². The molecule has 0 aromatic heterocycles. The van der Waals surface area contributed by atoms with Crippen LogP contribution in [0.15, 0.2) is 54.6 Å². The molecule has 2 aromatic carbocycles. The minimum atomic E-state index is -1.42. The highest BCUT2D eigenvalue weighted by Crippen LogP contribution is 2.52. The van der Waals surface area contributed by atoms with Gasteiger partial charge in [0.1, 0.15) is 0 Å². The molecular formula is C23H24O4. The van der Waals surface area contributed by atoms with Gasteiger partial charge in [-0.05, 0) is 30.5 Å². The van der Waals surface area contributed by atoms with Crippen LogP contribution in [0, 0.1) is 19.3 Å². The van der Waals surface area contributed by atoms with Crippen LogP contribution in [0.2, 0.25) is 0 Å². The molecule has 0 spiro atoms. The fourth-order valence-electron chi connectivity index (χ4n) is 3.78. The van der Waals surface area contributed by atoms with Gasteiger partial charge in [-0.25, -0.2) is 0 Å². The lowest BCUT2D eigenvalue weighted by Crippen LogP contribution is -2.43. The molecule has 4 heteroatoms. The van der Waals surface area contributed by atoms with Crippen molar-refractivity contribution in [3.8, 4) is 0 Å². The fraction of sp³-hybridized carbons (Fsp3) is 0.304. The summed E-state index contributed by atoms with van der Waals surface area (Å²) in [6.07, 6.45) is 2.25. The minimum absolute atomic E-state index is 0.244. The highest BCUT2D eigenvalue weighted by molar-refractivity contribution is 6.05. The van der Waals surface area contributed by atoms with Gasteiger partial charge >= 0.3 is 11.9 Å². The van der Waals surface area contributed by atoms with Crippen LogP contribution in [-0.4, -0.2) is 26.2 Å². The lowest BCUT2D eigenvalue weighted by Gasteiger charge is -2.30. The summed E-state index contributed by atoms with van der Waals surface area (Å²) in [6.45, 7) is 4.02. The number of methoxy groups -OCH3 is 2. The molecule has 1 unspecified atom stereocenters. The molecule has 0 heterocycles. The van der Waals surface area contributed by atoms with Gasteiger partial charge in [0.15, 0.2) is 5.41 Å². The Bertz CT molecular complexity index is 860. The summed E-state index contributed by atoms with van der Waals surface area (Å²) in [6, 6.07) is 15.9. The van der Waals surface area contributed by atoms with Gasteiger partial charge in [-0.2, -0.15) is 0 Å². The Morgan fingerprint density at radius 1 is 0.852 bits per heavy atom. The minimum Gasteiger partial charge on any atom is -0.468 e. The summed E-state index contributed by atoms with van der Waals surface area (Å²) in [5.41, 5.74) is 3.67. The van der Waals surface area contributed by atoms with Crippen LogP contribution < -0.4 is 0 Å². The standard InChI is InChI=1S/C23H24O4/c1-15-5-9-17(10-6-15)19-13-20(18-11-7-16(2)8-12-18)23(14-19,21(24)26-3)22(25)27-4/h5-13,20H,14H2,1-4H3. The van der Waals surface area contributed by atoms with E-state index in [2.05, 4.69) is 0 Å². The maximum Gasteiger partial charge on any atom is 0.324 e. The van der Waals surface area contributed by atoms with Crippen LogP contribution in [0.4, 0.5) is 0 Å². The lowest BCUT2D eigenvalue weighted by atomic mass is 9.73. The smallest absolute Gasteiger partial charge is 0.324 e. The SMILES string of the molecule is COC(=O)C1(C(=O)OC)CC(c2ccc(C)cc2)=CC1c1ccc(C)cc1. The molecule has 0 N–H and O–H groups in total. The number of ether oxygens (including phenoxy) is 2. The Kier molecular flexibility index (Phi) is 5.17. The average molecular weight is 364 g/mol. The van der Waals surface area contributed by atoms with Crippen molar-refractivity contribution in [2.24, 2.45) is 5.41 Å². The first-order chi connectivity index (χ1) is 12.9. The maximum absolute atomic E-state index is 12.9. The van der Waals surface area contributed by atoms with Crippen LogP contribution in [0.25, 0.3) is 5.57 Å². The monoisotopic (exact) mass is 364 g/mol. The first-order valence-corrected chi connectivity index (χ1v) is 8.93. The highest BCUT2D eigenvalue weighted by Gasteiger charge is 2.57. The van der Waals surface area contributed by atoms with Gasteiger partial charge in [-0.1, -0.05) is 65.7 Å². The number of hydrogen-bond acceptors (Lipinski definition) is 4. The lowest BCUT2D eigenvalue weighted by molar-refractivity contribution is -0.169. The van der Waals surface area contributed by atoms with Gasteiger partial charge < -0.3 is 9.47 Å². The third-order valence-corrected chi connectivity index (χ3v) is 5.33. The normalized spacial score (nSPS) is 17.9. The number of allylic oxidation sites excluding steroid dienone is 2. The summed E-state index contributed by atoms with van der Waals surface area (Å²) in [5, 5.41) is 0. The molecule has 0 saturated heterocycles. The number of esters is 2. The Morgan fingerprint density at radius 3 is 1.81 bits per heavy atom. The fourth-order valence-corrected chi connectivity index (χ4v) is 3.78. The Balaban J connectivity index is 2.16. The van der Waals surface area contributed by atoms with E-state index in [0.29, 0.717) is 0 Å². The molecular weight excluding hydrogens is 340 g/mol. The topological polar surface area (TPSA) is 52.6 Å². The predicted molar refractivity (Wildman–Crippen MR) is 104 cm³/mol. The van der Waals surface area contributed by atoms with Crippen molar-refractivity contribution in [1.82, 2.24) is 0 Å². The first-order valence-electron chi connectivity index (χ1n) is 8.93. The summed E-state index contributed by atoms with van der Waals surface area (Å²) in [5.74, 6) is -1.59. The number of rotatable bonds is 4. The molecule has 1 aliphatic carbocycles. The van der Waals surface area contributed by atoms with Gasteiger partial charge in [0, 0.05) is 12.3 Å². The van der Waals surface area contributed by atoms with E-state index in [0.717, 1.165) is 27.8 Å². The average Bonchev–Trinajstić information content (AvgIpc) is 3.09. The van der Waals surface area contributed by atoms with Crippen molar-refractivity contribution in [2.45, 2.75) is 26.2 Å². The van der Waals surface area contributed by atoms with Crippen LogP contribution in [0.1, 0.15) is 34.6 Å². The zero-order valence-corrected chi connectivity index (χ0v) is 16.1. The molecule has 0 bridgehead atoms. The van der Waals surface area contributed by atoms with Crippen LogP contribution >= 0.6 is 0 Å². The second-order valence-electron chi connectivity index (χ2n) is 7.08. The Labute approximate surface area is 159 Å². The van der Waals surface area contributed by atoms with Crippen LogP contribution in [-0.2, 0) is 19.1 Å². The van der Waals surface area contributed by atoms with Crippen molar-refractivity contribution >= 4 is 17.5 Å². The first kappa shape index (κ1) is 18.9. The molecule has 0 saturated carbocycles. The summed E-state index contributed by atoms with van der Waals surface area (Å²) in [7, 11) is 2.62. The molecule has 0 radical (unpaired) electrons. The number of benzene rings is 2.